The van der Waals surface area contributed by atoms with Crippen molar-refractivity contribution >= 4 is 18.7 Å². The minimum atomic E-state index is -3.32. The molecule has 0 amide bonds. The number of hydrogen-bond acceptors (Lipinski definition) is 5. The predicted octanol–water partition coefficient (Wildman–Crippen LogP) is 5.94. The van der Waals surface area contributed by atoms with Crippen LogP contribution in [0.2, 0.25) is 0 Å². The summed E-state index contributed by atoms with van der Waals surface area (Å²) in [5, 5.41) is 0.564. The monoisotopic (exact) mass is 432 g/mol. The van der Waals surface area contributed by atoms with E-state index in [0.29, 0.717) is 36.3 Å². The minimum absolute atomic E-state index is 0.00267. The molecule has 0 spiro atoms. The Kier molecular flexibility index (Phi) is 9.29. The van der Waals surface area contributed by atoms with Gasteiger partial charge in [0.2, 0.25) is 0 Å². The highest BCUT2D eigenvalue weighted by molar-refractivity contribution is 7.62. The lowest BCUT2D eigenvalue weighted by Crippen LogP contribution is -2.12. The second kappa shape index (κ2) is 11.5. The van der Waals surface area contributed by atoms with Gasteiger partial charge in [-0.2, -0.15) is 0 Å². The quantitative estimate of drug-likeness (QED) is 0.307. The Bertz CT molecular complexity index is 862. The summed E-state index contributed by atoms with van der Waals surface area (Å²) >= 11 is 0. The van der Waals surface area contributed by atoms with Gasteiger partial charge in [-0.1, -0.05) is 26.0 Å². The van der Waals surface area contributed by atoms with Crippen LogP contribution in [-0.2, 0) is 20.0 Å². The normalized spacial score (nSPS) is 11.7. The van der Waals surface area contributed by atoms with Crippen LogP contribution < -0.4 is 10.0 Å². The molecule has 164 valence electrons. The largest absolute Gasteiger partial charge is 0.491 e. The molecule has 0 heterocycles. The second-order valence-corrected chi connectivity index (χ2v) is 9.62. The maximum atomic E-state index is 13.2. The van der Waals surface area contributed by atoms with Gasteiger partial charge in [0.25, 0.3) is 0 Å². The molecule has 2 aromatic carbocycles. The maximum Gasteiger partial charge on any atom is 0.361 e. The van der Waals surface area contributed by atoms with Crippen molar-refractivity contribution in [1.82, 2.24) is 0 Å². The average molecular weight is 432 g/mol. The van der Waals surface area contributed by atoms with Crippen LogP contribution in [0.3, 0.4) is 0 Å². The van der Waals surface area contributed by atoms with Gasteiger partial charge in [0.05, 0.1) is 24.6 Å². The lowest BCUT2D eigenvalue weighted by atomic mass is 10.0. The van der Waals surface area contributed by atoms with Crippen LogP contribution in [0.25, 0.3) is 0 Å². The molecule has 0 fully saturated rings. The first-order valence-electron chi connectivity index (χ1n) is 10.6. The lowest BCUT2D eigenvalue weighted by molar-refractivity contribution is 0.101. The van der Waals surface area contributed by atoms with E-state index in [1.54, 1.807) is 13.0 Å². The fourth-order valence-corrected chi connectivity index (χ4v) is 4.68. The fourth-order valence-electron chi connectivity index (χ4n) is 2.95. The van der Waals surface area contributed by atoms with Crippen molar-refractivity contribution in [2.24, 2.45) is 0 Å². The van der Waals surface area contributed by atoms with Gasteiger partial charge in [0, 0.05) is 5.56 Å². The van der Waals surface area contributed by atoms with Gasteiger partial charge in [0.1, 0.15) is 5.75 Å². The molecular weight excluding hydrogens is 399 g/mol. The number of ketones is 1. The Morgan fingerprint density at radius 2 is 1.53 bits per heavy atom. The van der Waals surface area contributed by atoms with E-state index in [4.69, 9.17) is 13.8 Å². The van der Waals surface area contributed by atoms with Crippen molar-refractivity contribution in [2.75, 3.05) is 13.2 Å². The third kappa shape index (κ3) is 7.09. The van der Waals surface area contributed by atoms with Crippen LogP contribution in [0.15, 0.2) is 42.5 Å². The Morgan fingerprint density at radius 3 is 2.03 bits per heavy atom. The molecule has 0 aromatic heterocycles. The minimum Gasteiger partial charge on any atom is -0.491 e. The number of ether oxygens (including phenoxy) is 1. The van der Waals surface area contributed by atoms with Crippen LogP contribution in [-0.4, -0.2) is 25.1 Å². The number of hydrogen-bond donors (Lipinski definition) is 0. The number of rotatable bonds is 12. The second-order valence-electron chi connectivity index (χ2n) is 7.60. The zero-order valence-electron chi connectivity index (χ0n) is 18.6. The molecule has 0 aliphatic carbocycles. The van der Waals surface area contributed by atoms with E-state index in [2.05, 4.69) is 0 Å². The zero-order chi connectivity index (χ0) is 22.1. The number of benzene rings is 2. The van der Waals surface area contributed by atoms with Crippen LogP contribution in [0.4, 0.5) is 0 Å². The van der Waals surface area contributed by atoms with Crippen molar-refractivity contribution in [3.05, 3.63) is 59.2 Å². The highest BCUT2D eigenvalue weighted by atomic mass is 31.2. The molecule has 6 heteroatoms. The molecule has 0 saturated heterocycles. The number of carbonyl (C=O) groups is 1. The highest BCUT2D eigenvalue weighted by Crippen LogP contribution is 2.47. The van der Waals surface area contributed by atoms with Crippen molar-refractivity contribution in [3.8, 4) is 5.75 Å². The zero-order valence-corrected chi connectivity index (χ0v) is 19.5. The first-order chi connectivity index (χ1) is 14.3. The van der Waals surface area contributed by atoms with Crippen LogP contribution >= 0.6 is 7.60 Å². The van der Waals surface area contributed by atoms with E-state index in [-0.39, 0.29) is 11.9 Å². The van der Waals surface area contributed by atoms with Gasteiger partial charge in [-0.3, -0.25) is 9.36 Å². The number of Topliss-reactive ketones (excluding diaryl/α,β-unsaturated/α-hetero) is 1. The van der Waals surface area contributed by atoms with Gasteiger partial charge < -0.3 is 13.8 Å². The molecule has 0 atom stereocenters. The summed E-state index contributed by atoms with van der Waals surface area (Å²) < 4.78 is 30.2. The molecule has 5 nitrogen and oxygen atoms in total. The SMILES string of the molecule is CCCOP(=O)(OCCC)c1ccc(Cc2cc(OC(C)C)cc(C(C)=O)c2)cc1. The summed E-state index contributed by atoms with van der Waals surface area (Å²) in [5.41, 5.74) is 2.65. The molecule has 0 aliphatic rings. The van der Waals surface area contributed by atoms with Crippen LogP contribution in [0.5, 0.6) is 5.75 Å². The molecule has 0 bridgehead atoms. The Balaban J connectivity index is 2.24. The molecule has 2 rings (SSSR count). The molecule has 0 radical (unpaired) electrons. The molecule has 0 aliphatic heterocycles. The molecule has 0 N–H and O–H groups in total. The molecule has 2 aromatic rings. The van der Waals surface area contributed by atoms with E-state index in [9.17, 15) is 9.36 Å². The Hall–Kier alpha value is -1.94. The van der Waals surface area contributed by atoms with Gasteiger partial charge in [-0.15, -0.1) is 0 Å². The van der Waals surface area contributed by atoms with Crippen LogP contribution in [0.1, 0.15) is 68.9 Å². The Labute approximate surface area is 180 Å². The van der Waals surface area contributed by atoms with Gasteiger partial charge in [-0.25, -0.2) is 0 Å². The molecule has 0 unspecified atom stereocenters. The van der Waals surface area contributed by atoms with E-state index in [0.717, 1.165) is 24.0 Å². The first-order valence-corrected chi connectivity index (χ1v) is 12.1. The van der Waals surface area contributed by atoms with Crippen molar-refractivity contribution in [1.29, 1.82) is 0 Å². The smallest absolute Gasteiger partial charge is 0.361 e. The summed E-state index contributed by atoms with van der Waals surface area (Å²) in [6, 6.07) is 13.1. The third-order valence-corrected chi connectivity index (χ3v) is 6.31. The van der Waals surface area contributed by atoms with Crippen LogP contribution in [0, 0.1) is 0 Å². The van der Waals surface area contributed by atoms with Crippen molar-refractivity contribution < 1.29 is 23.1 Å². The van der Waals surface area contributed by atoms with E-state index < -0.39 is 7.60 Å². The lowest BCUT2D eigenvalue weighted by Gasteiger charge is -2.18. The molecule has 30 heavy (non-hydrogen) atoms. The summed E-state index contributed by atoms with van der Waals surface area (Å²) in [6.07, 6.45) is 2.20. The topological polar surface area (TPSA) is 61.8 Å². The van der Waals surface area contributed by atoms with Crippen molar-refractivity contribution in [2.45, 2.75) is 60.0 Å². The van der Waals surface area contributed by atoms with Gasteiger partial charge in [-0.05, 0) is 81.5 Å². The number of carbonyl (C=O) groups excluding carboxylic acids is 1. The summed E-state index contributed by atoms with van der Waals surface area (Å²) in [7, 11) is -3.32. The predicted molar refractivity (Wildman–Crippen MR) is 121 cm³/mol. The van der Waals surface area contributed by atoms with E-state index in [1.807, 2.05) is 64.1 Å². The fraction of sp³-hybridized carbons (Fsp3) is 0.458. The summed E-state index contributed by atoms with van der Waals surface area (Å²) in [6.45, 7) is 10.2. The van der Waals surface area contributed by atoms with Crippen molar-refractivity contribution in [3.63, 3.8) is 0 Å². The van der Waals surface area contributed by atoms with E-state index in [1.165, 1.54) is 0 Å². The molecule has 0 saturated carbocycles. The molecular formula is C24H33O5P. The highest BCUT2D eigenvalue weighted by Gasteiger charge is 2.27. The van der Waals surface area contributed by atoms with Gasteiger partial charge in [0.15, 0.2) is 5.78 Å². The standard InChI is InChI=1S/C24H33O5P/c1-6-12-27-30(26,28-13-7-2)24-10-8-20(9-11-24)14-21-15-22(19(5)25)17-23(16-21)29-18(3)4/h8-11,15-18H,6-7,12-14H2,1-5H3. The van der Waals surface area contributed by atoms with E-state index >= 15 is 0 Å². The average Bonchev–Trinajstić information content (AvgIpc) is 2.70. The first kappa shape index (κ1) is 24.3. The summed E-state index contributed by atoms with van der Waals surface area (Å²) in [5.74, 6) is 0.692. The summed E-state index contributed by atoms with van der Waals surface area (Å²) in [4.78, 5) is 11.9. The Morgan fingerprint density at radius 1 is 0.933 bits per heavy atom. The maximum absolute atomic E-state index is 13.2. The van der Waals surface area contributed by atoms with Gasteiger partial charge >= 0.3 is 7.60 Å². The third-order valence-electron chi connectivity index (χ3n) is 4.34.